The Morgan fingerprint density at radius 3 is 1.27 bits per heavy atom. The van der Waals surface area contributed by atoms with Gasteiger partial charge in [0.05, 0.1) is 21.9 Å². The first-order valence-corrected chi connectivity index (χ1v) is 36.9. The van der Waals surface area contributed by atoms with Crippen molar-refractivity contribution in [3.63, 3.8) is 0 Å². The fourth-order valence-electron chi connectivity index (χ4n) is 17.2. The van der Waals surface area contributed by atoms with Gasteiger partial charge in [-0.2, -0.15) is 0 Å². The maximum atomic E-state index is 5.52. The fourth-order valence-corrected chi connectivity index (χ4v) is 19.9. The second-order valence-corrected chi connectivity index (χ2v) is 30.1. The summed E-state index contributed by atoms with van der Waals surface area (Å²) < 4.78 is 4.93. The molecule has 20 rings (SSSR count). The van der Waals surface area contributed by atoms with Crippen molar-refractivity contribution in [1.29, 1.82) is 0 Å². The maximum absolute atomic E-state index is 5.52. The van der Waals surface area contributed by atoms with Crippen LogP contribution in [0.4, 0.5) is 17.1 Å². The third-order valence-electron chi connectivity index (χ3n) is 22.0. The SMILES string of the molecule is Cc1ccc(C2(c3ccc(C)cc3)c3cc4c(cc3-c3sc5ccccc5c32)C(c2ccc(C)cc2)(c2ccc(C)cc2)c2c-4sc3cc(-c4cccc(N(c5ccccc5)c5ccc(-c6ccc(-c7nc8c9ccccc9c9ccccc9c8n7-c7ccccc7)cc6)cc5)c4)ccc23)cc1. The van der Waals surface area contributed by atoms with Crippen LogP contribution in [-0.2, 0) is 10.8 Å². The predicted octanol–water partition coefficient (Wildman–Crippen LogP) is 26.2. The minimum absolute atomic E-state index is 0.587. The second kappa shape index (κ2) is 23.3. The Balaban J connectivity index is 0.709. The van der Waals surface area contributed by atoms with E-state index in [0.29, 0.717) is 0 Å². The van der Waals surface area contributed by atoms with Gasteiger partial charge in [-0.3, -0.25) is 4.57 Å². The Morgan fingerprint density at radius 1 is 0.304 bits per heavy atom. The zero-order chi connectivity index (χ0) is 68.0. The van der Waals surface area contributed by atoms with E-state index in [1.807, 2.05) is 22.7 Å². The maximum Gasteiger partial charge on any atom is 0.145 e. The molecule has 0 radical (unpaired) electrons. The lowest BCUT2D eigenvalue weighted by Gasteiger charge is -2.36. The molecule has 0 unspecified atom stereocenters. The summed E-state index contributed by atoms with van der Waals surface area (Å²) in [6.07, 6.45) is 0. The largest absolute Gasteiger partial charge is 0.310 e. The molecule has 0 fully saturated rings. The van der Waals surface area contributed by atoms with Crippen LogP contribution < -0.4 is 4.90 Å². The number of hydrogen-bond donors (Lipinski definition) is 0. The molecule has 0 atom stereocenters. The Labute approximate surface area is 601 Å². The van der Waals surface area contributed by atoms with E-state index in [0.717, 1.165) is 67.2 Å². The number of aromatic nitrogens is 2. The van der Waals surface area contributed by atoms with Crippen LogP contribution in [0.5, 0.6) is 0 Å². The lowest BCUT2D eigenvalue weighted by molar-refractivity contribution is 0.765. The van der Waals surface area contributed by atoms with Crippen molar-refractivity contribution in [2.45, 2.75) is 38.5 Å². The minimum atomic E-state index is -0.638. The van der Waals surface area contributed by atoms with E-state index in [9.17, 15) is 0 Å². The van der Waals surface area contributed by atoms with Crippen LogP contribution in [0.15, 0.2) is 334 Å². The standard InChI is InChI=1S/C97H67N3S2/c1-60-30-45-69(46-31-60)96(70-47-32-61(2)33-48-70)85-59-84-86(58-83(85)93-89(96)81-28-15-16-29-87(81)101-93)97(71-49-34-62(3)35-50-71,72-51-36-63(4)37-52-72)90-82-55-44-68(57-88(82)102-94(84)90)67-18-17-23-76(56-67)99(73-19-7-5-8-20-73)75-53-42-65(43-54-75)64-38-40-66(41-39-64)95-98-91-79-26-13-11-24-77(79)78-25-12-14-27-80(78)92(91)100(95)74-21-9-6-10-22-74/h5-59H,1-4H3. The van der Waals surface area contributed by atoms with Gasteiger partial charge in [-0.25, -0.2) is 4.98 Å². The van der Waals surface area contributed by atoms with Gasteiger partial charge >= 0.3 is 0 Å². The highest BCUT2D eigenvalue weighted by Crippen LogP contribution is 2.67. The quantitative estimate of drug-likeness (QED) is 0.120. The van der Waals surface area contributed by atoms with E-state index in [2.05, 4.69) is 371 Å². The van der Waals surface area contributed by atoms with E-state index in [-0.39, 0.29) is 0 Å². The second-order valence-electron chi connectivity index (χ2n) is 28.0. The van der Waals surface area contributed by atoms with Crippen molar-refractivity contribution in [3.8, 4) is 60.2 Å². The highest BCUT2D eigenvalue weighted by Gasteiger charge is 2.54. The first-order valence-electron chi connectivity index (χ1n) is 35.3. The number of nitrogens with zero attached hydrogens (tertiary/aromatic N) is 3. The van der Waals surface area contributed by atoms with Crippen molar-refractivity contribution in [2.24, 2.45) is 0 Å². The average Bonchev–Trinajstić information content (AvgIpc) is 1.49. The van der Waals surface area contributed by atoms with E-state index in [1.165, 1.54) is 130 Å². The van der Waals surface area contributed by atoms with Gasteiger partial charge < -0.3 is 4.90 Å². The average molecular weight is 1340 g/mol. The van der Waals surface area contributed by atoms with Crippen LogP contribution in [-0.4, -0.2) is 9.55 Å². The molecule has 0 amide bonds. The number of imidazole rings is 1. The van der Waals surface area contributed by atoms with E-state index in [4.69, 9.17) is 4.98 Å². The number of hydrogen-bond acceptors (Lipinski definition) is 4. The zero-order valence-electron chi connectivity index (χ0n) is 56.9. The molecular formula is C97H67N3S2. The van der Waals surface area contributed by atoms with Gasteiger partial charge in [0.15, 0.2) is 0 Å². The Kier molecular flexibility index (Phi) is 13.7. The van der Waals surface area contributed by atoms with Gasteiger partial charge in [0.25, 0.3) is 0 Å². The van der Waals surface area contributed by atoms with E-state index < -0.39 is 10.8 Å². The normalized spacial score (nSPS) is 13.3. The number of thiophene rings is 2. The molecule has 3 nitrogen and oxygen atoms in total. The Bertz CT molecular complexity index is 6270. The van der Waals surface area contributed by atoms with Gasteiger partial charge in [-0.15, -0.1) is 22.7 Å². The molecule has 2 aliphatic carbocycles. The minimum Gasteiger partial charge on any atom is -0.310 e. The number of para-hydroxylation sites is 2. The number of rotatable bonds is 11. The van der Waals surface area contributed by atoms with Crippen molar-refractivity contribution < 1.29 is 0 Å². The van der Waals surface area contributed by atoms with Crippen molar-refractivity contribution >= 4 is 92.5 Å². The molecule has 15 aromatic carbocycles. The first kappa shape index (κ1) is 60.0. The number of anilines is 3. The van der Waals surface area contributed by atoms with Gasteiger partial charge in [0.2, 0.25) is 0 Å². The highest BCUT2D eigenvalue weighted by molar-refractivity contribution is 7.23. The van der Waals surface area contributed by atoms with Crippen LogP contribution in [0.2, 0.25) is 0 Å². The topological polar surface area (TPSA) is 21.1 Å². The van der Waals surface area contributed by atoms with E-state index >= 15 is 0 Å². The third-order valence-corrected chi connectivity index (χ3v) is 24.4. The molecule has 3 aromatic heterocycles. The molecule has 0 aliphatic heterocycles. The summed E-state index contributed by atoms with van der Waals surface area (Å²) in [7, 11) is 0. The van der Waals surface area contributed by atoms with Gasteiger partial charge in [0.1, 0.15) is 5.82 Å². The molecule has 0 bridgehead atoms. The van der Waals surface area contributed by atoms with Crippen molar-refractivity contribution in [3.05, 3.63) is 400 Å². The van der Waals surface area contributed by atoms with Crippen LogP contribution >= 0.6 is 22.7 Å². The highest BCUT2D eigenvalue weighted by atomic mass is 32.1. The molecule has 0 N–H and O–H groups in total. The summed E-state index contributed by atoms with van der Waals surface area (Å²) in [4.78, 5) is 10.6. The summed E-state index contributed by atoms with van der Waals surface area (Å²) >= 11 is 3.91. The van der Waals surface area contributed by atoms with Crippen molar-refractivity contribution in [1.82, 2.24) is 9.55 Å². The Morgan fingerprint density at radius 2 is 0.716 bits per heavy atom. The van der Waals surface area contributed by atoms with Gasteiger partial charge in [0, 0.05) is 58.2 Å². The summed E-state index contributed by atoms with van der Waals surface area (Å²) in [6, 6.07) is 126. The van der Waals surface area contributed by atoms with E-state index in [1.54, 1.807) is 0 Å². The molecule has 482 valence electrons. The summed E-state index contributed by atoms with van der Waals surface area (Å²) in [6.45, 7) is 8.83. The van der Waals surface area contributed by atoms with Crippen LogP contribution in [0.3, 0.4) is 0 Å². The van der Waals surface area contributed by atoms with Crippen LogP contribution in [0.1, 0.15) is 66.8 Å². The third kappa shape index (κ3) is 9.01. The fraction of sp³-hybridized carbons (Fsp3) is 0.0619. The molecule has 0 saturated carbocycles. The molecule has 3 heterocycles. The number of aryl methyl sites for hydroxylation is 4. The lowest BCUT2D eigenvalue weighted by atomic mass is 9.65. The van der Waals surface area contributed by atoms with Crippen LogP contribution in [0.25, 0.3) is 113 Å². The molecule has 5 heteroatoms. The zero-order valence-corrected chi connectivity index (χ0v) is 58.5. The number of fused-ring (bicyclic) bond motifs is 16. The monoisotopic (exact) mass is 1340 g/mol. The van der Waals surface area contributed by atoms with Gasteiger partial charge in [-0.05, 0) is 200 Å². The summed E-state index contributed by atoms with van der Waals surface area (Å²) in [5, 5.41) is 7.38. The molecular weight excluding hydrogens is 1270 g/mol. The summed E-state index contributed by atoms with van der Waals surface area (Å²) in [5.41, 5.74) is 29.1. The lowest BCUT2D eigenvalue weighted by Crippen LogP contribution is -2.30. The molecule has 2 aliphatic rings. The summed E-state index contributed by atoms with van der Waals surface area (Å²) in [5.74, 6) is 0.914. The molecule has 102 heavy (non-hydrogen) atoms. The molecule has 0 spiro atoms. The first-order chi connectivity index (χ1) is 50.2. The Hall–Kier alpha value is -12.0. The number of benzene rings is 15. The predicted molar refractivity (Wildman–Crippen MR) is 431 cm³/mol. The smallest absolute Gasteiger partial charge is 0.145 e. The molecule has 18 aromatic rings. The van der Waals surface area contributed by atoms with Crippen molar-refractivity contribution in [2.75, 3.05) is 4.90 Å². The molecule has 0 saturated heterocycles. The van der Waals surface area contributed by atoms with Gasteiger partial charge in [-0.1, -0.05) is 283 Å². The van der Waals surface area contributed by atoms with Crippen LogP contribution in [0, 0.1) is 27.7 Å².